The van der Waals surface area contributed by atoms with Crippen molar-refractivity contribution in [2.24, 2.45) is 0 Å². The fourth-order valence-corrected chi connectivity index (χ4v) is 1.66. The molecule has 2 rings (SSSR count). The van der Waals surface area contributed by atoms with Gasteiger partial charge in [0.25, 0.3) is 0 Å². The number of nitrogens with zero attached hydrogens (tertiary/aromatic N) is 2. The van der Waals surface area contributed by atoms with Crippen molar-refractivity contribution < 1.29 is 4.79 Å². The first-order chi connectivity index (χ1) is 6.38. The van der Waals surface area contributed by atoms with Crippen LogP contribution >= 0.6 is 0 Å². The van der Waals surface area contributed by atoms with E-state index >= 15 is 0 Å². The second kappa shape index (κ2) is 3.60. The lowest BCUT2D eigenvalue weighted by atomic mass is 10.1. The Labute approximate surface area is 77.0 Å². The predicted molar refractivity (Wildman–Crippen MR) is 48.1 cm³/mol. The second-order valence-electron chi connectivity index (χ2n) is 3.31. The highest BCUT2D eigenvalue weighted by Crippen LogP contribution is 2.17. The van der Waals surface area contributed by atoms with Crippen LogP contribution in [-0.4, -0.2) is 22.0 Å². The Balaban J connectivity index is 2.16. The molecule has 1 amide bonds. The van der Waals surface area contributed by atoms with Crippen molar-refractivity contribution in [2.75, 3.05) is 6.54 Å². The van der Waals surface area contributed by atoms with E-state index in [0.29, 0.717) is 0 Å². The maximum absolute atomic E-state index is 11.6. The Morgan fingerprint density at radius 2 is 2.46 bits per heavy atom. The normalized spacial score (nSPS) is 23.7. The third-order valence-electron chi connectivity index (χ3n) is 2.39. The van der Waals surface area contributed by atoms with Crippen LogP contribution in [0.15, 0.2) is 18.7 Å². The summed E-state index contributed by atoms with van der Waals surface area (Å²) in [6.45, 7) is 0.810. The van der Waals surface area contributed by atoms with Crippen molar-refractivity contribution in [3.05, 3.63) is 18.7 Å². The molecule has 0 bridgehead atoms. The monoisotopic (exact) mass is 179 g/mol. The molecule has 1 aliphatic heterocycles. The molecule has 0 aromatic carbocycles. The minimum atomic E-state index is -0.0509. The van der Waals surface area contributed by atoms with Crippen LogP contribution in [0.4, 0.5) is 0 Å². The highest BCUT2D eigenvalue weighted by atomic mass is 16.2. The van der Waals surface area contributed by atoms with Crippen LogP contribution < -0.4 is 5.32 Å². The van der Waals surface area contributed by atoms with E-state index in [1.807, 2.05) is 10.8 Å². The van der Waals surface area contributed by atoms with Gasteiger partial charge in [0.1, 0.15) is 6.04 Å². The van der Waals surface area contributed by atoms with Gasteiger partial charge in [0, 0.05) is 18.9 Å². The van der Waals surface area contributed by atoms with Crippen molar-refractivity contribution in [1.82, 2.24) is 14.9 Å². The van der Waals surface area contributed by atoms with Crippen LogP contribution in [0.1, 0.15) is 25.3 Å². The zero-order chi connectivity index (χ0) is 9.10. The summed E-state index contributed by atoms with van der Waals surface area (Å²) in [5.74, 6) is 0.121. The third kappa shape index (κ3) is 1.71. The molecule has 1 N–H and O–H groups in total. The number of aromatic nitrogens is 2. The van der Waals surface area contributed by atoms with E-state index in [9.17, 15) is 4.79 Å². The number of carbonyl (C=O) groups excluding carboxylic acids is 1. The number of nitrogens with one attached hydrogen (secondary N) is 1. The average Bonchev–Trinajstić information content (AvgIpc) is 2.56. The number of hydrogen-bond acceptors (Lipinski definition) is 2. The lowest BCUT2D eigenvalue weighted by molar-refractivity contribution is -0.124. The van der Waals surface area contributed by atoms with Gasteiger partial charge in [-0.3, -0.25) is 4.79 Å². The van der Waals surface area contributed by atoms with Crippen LogP contribution in [-0.2, 0) is 4.79 Å². The largest absolute Gasteiger partial charge is 0.354 e. The van der Waals surface area contributed by atoms with Crippen LogP contribution in [0.2, 0.25) is 0 Å². The molecule has 1 unspecified atom stereocenters. The Bertz CT molecular complexity index is 281. The van der Waals surface area contributed by atoms with Crippen LogP contribution in [0, 0.1) is 0 Å². The molecule has 1 saturated heterocycles. The van der Waals surface area contributed by atoms with Gasteiger partial charge in [-0.25, -0.2) is 4.98 Å². The van der Waals surface area contributed by atoms with E-state index in [2.05, 4.69) is 10.3 Å². The third-order valence-corrected chi connectivity index (χ3v) is 2.39. The van der Waals surface area contributed by atoms with Gasteiger partial charge in [0.15, 0.2) is 0 Å². The lowest BCUT2D eigenvalue weighted by Crippen LogP contribution is -2.30. The molecule has 13 heavy (non-hydrogen) atoms. The summed E-state index contributed by atoms with van der Waals surface area (Å²) in [4.78, 5) is 15.5. The molecule has 4 nitrogen and oxygen atoms in total. The van der Waals surface area contributed by atoms with Gasteiger partial charge in [-0.1, -0.05) is 0 Å². The fourth-order valence-electron chi connectivity index (χ4n) is 1.66. The van der Waals surface area contributed by atoms with Crippen LogP contribution in [0.5, 0.6) is 0 Å². The molecular weight excluding hydrogens is 166 g/mol. The van der Waals surface area contributed by atoms with E-state index in [-0.39, 0.29) is 11.9 Å². The Hall–Kier alpha value is -1.32. The van der Waals surface area contributed by atoms with E-state index in [4.69, 9.17) is 0 Å². The molecule has 4 heteroatoms. The zero-order valence-electron chi connectivity index (χ0n) is 7.44. The van der Waals surface area contributed by atoms with Gasteiger partial charge in [-0.15, -0.1) is 0 Å². The fraction of sp³-hybridized carbons (Fsp3) is 0.556. The van der Waals surface area contributed by atoms with Gasteiger partial charge >= 0.3 is 0 Å². The first-order valence-corrected chi connectivity index (χ1v) is 4.63. The van der Waals surface area contributed by atoms with E-state index in [0.717, 1.165) is 25.8 Å². The molecule has 0 saturated carbocycles. The predicted octanol–water partition coefficient (Wildman–Crippen LogP) is 0.724. The molecule has 1 fully saturated rings. The molecule has 1 aromatic rings. The molecule has 1 aliphatic rings. The summed E-state index contributed by atoms with van der Waals surface area (Å²) in [6.07, 6.45) is 8.35. The summed E-state index contributed by atoms with van der Waals surface area (Å²) in [5.41, 5.74) is 0. The first-order valence-electron chi connectivity index (χ1n) is 4.63. The van der Waals surface area contributed by atoms with E-state index in [1.54, 1.807) is 12.5 Å². The molecule has 2 heterocycles. The Morgan fingerprint density at radius 3 is 3.23 bits per heavy atom. The van der Waals surface area contributed by atoms with Crippen LogP contribution in [0.25, 0.3) is 0 Å². The molecule has 0 radical (unpaired) electrons. The van der Waals surface area contributed by atoms with Crippen LogP contribution in [0.3, 0.4) is 0 Å². The van der Waals surface area contributed by atoms with Gasteiger partial charge in [0.05, 0.1) is 6.33 Å². The van der Waals surface area contributed by atoms with Crippen molar-refractivity contribution >= 4 is 5.91 Å². The molecule has 1 atom stereocenters. The molecule has 70 valence electrons. The molecule has 1 aromatic heterocycles. The Kier molecular flexibility index (Phi) is 2.29. The SMILES string of the molecule is O=C1NCCCCC1n1ccnc1. The summed E-state index contributed by atoms with van der Waals surface area (Å²) in [6, 6.07) is -0.0509. The van der Waals surface area contributed by atoms with E-state index in [1.165, 1.54) is 0 Å². The summed E-state index contributed by atoms with van der Waals surface area (Å²) >= 11 is 0. The standard InChI is InChI=1S/C9H13N3O/c13-9-8(3-1-2-4-11-9)12-6-5-10-7-12/h5-8H,1-4H2,(H,11,13). The smallest absolute Gasteiger partial charge is 0.243 e. The summed E-state index contributed by atoms with van der Waals surface area (Å²) in [7, 11) is 0. The zero-order valence-corrected chi connectivity index (χ0v) is 7.44. The Morgan fingerprint density at radius 1 is 1.54 bits per heavy atom. The maximum atomic E-state index is 11.6. The van der Waals surface area contributed by atoms with E-state index < -0.39 is 0 Å². The van der Waals surface area contributed by atoms with Gasteiger partial charge in [-0.05, 0) is 19.3 Å². The molecular formula is C9H13N3O. The lowest BCUT2D eigenvalue weighted by Gasteiger charge is -2.13. The van der Waals surface area contributed by atoms with Crippen molar-refractivity contribution in [3.63, 3.8) is 0 Å². The molecule has 0 aliphatic carbocycles. The second-order valence-corrected chi connectivity index (χ2v) is 3.31. The number of amides is 1. The maximum Gasteiger partial charge on any atom is 0.243 e. The van der Waals surface area contributed by atoms with Gasteiger partial charge in [-0.2, -0.15) is 0 Å². The topological polar surface area (TPSA) is 46.9 Å². The minimum absolute atomic E-state index is 0.0509. The highest BCUT2D eigenvalue weighted by Gasteiger charge is 2.21. The average molecular weight is 179 g/mol. The van der Waals surface area contributed by atoms with Gasteiger partial charge < -0.3 is 9.88 Å². The minimum Gasteiger partial charge on any atom is -0.354 e. The van der Waals surface area contributed by atoms with Gasteiger partial charge in [0.2, 0.25) is 5.91 Å². The quantitative estimate of drug-likeness (QED) is 0.690. The number of imidazole rings is 1. The summed E-state index contributed by atoms with van der Waals surface area (Å²) in [5, 5.41) is 2.90. The van der Waals surface area contributed by atoms with Crippen molar-refractivity contribution in [3.8, 4) is 0 Å². The van der Waals surface area contributed by atoms with Crippen molar-refractivity contribution in [2.45, 2.75) is 25.3 Å². The summed E-state index contributed by atoms with van der Waals surface area (Å²) < 4.78 is 1.88. The highest BCUT2D eigenvalue weighted by molar-refractivity contribution is 5.80. The van der Waals surface area contributed by atoms with Crippen molar-refractivity contribution in [1.29, 1.82) is 0 Å². The number of hydrogen-bond donors (Lipinski definition) is 1. The number of carbonyl (C=O) groups is 1. The number of rotatable bonds is 1. The first kappa shape index (κ1) is 8.29. The molecule has 0 spiro atoms.